The summed E-state index contributed by atoms with van der Waals surface area (Å²) in [5, 5.41) is 12.7. The maximum absolute atomic E-state index is 12.4. The Balaban J connectivity index is 2.96. The van der Waals surface area contributed by atoms with Crippen molar-refractivity contribution < 1.29 is 22.9 Å². The Labute approximate surface area is 106 Å². The highest BCUT2D eigenvalue weighted by Gasteiger charge is 2.40. The molecule has 0 aliphatic rings. The third-order valence-electron chi connectivity index (χ3n) is 2.46. The number of nitro groups is 1. The molecular formula is C11H11F3N2O3. The van der Waals surface area contributed by atoms with Crippen LogP contribution < -0.4 is 5.32 Å². The van der Waals surface area contributed by atoms with E-state index in [4.69, 9.17) is 0 Å². The summed E-state index contributed by atoms with van der Waals surface area (Å²) in [5.74, 6) is -0.989. The number of nitrogens with zero attached hydrogens (tertiary/aromatic N) is 1. The van der Waals surface area contributed by atoms with Crippen LogP contribution in [0.4, 0.5) is 18.9 Å². The number of amides is 1. The molecule has 19 heavy (non-hydrogen) atoms. The number of benzene rings is 1. The number of anilines is 1. The van der Waals surface area contributed by atoms with Gasteiger partial charge < -0.3 is 5.32 Å². The van der Waals surface area contributed by atoms with Crippen LogP contribution in [-0.4, -0.2) is 16.4 Å². The first-order valence-corrected chi connectivity index (χ1v) is 5.18. The van der Waals surface area contributed by atoms with Gasteiger partial charge in [0.25, 0.3) is 5.54 Å². The van der Waals surface area contributed by atoms with Gasteiger partial charge in [0, 0.05) is 24.5 Å². The van der Waals surface area contributed by atoms with E-state index >= 15 is 0 Å². The molecule has 1 rings (SSSR count). The first kappa shape index (κ1) is 14.9. The normalized spacial score (nSPS) is 12.1. The van der Waals surface area contributed by atoms with Gasteiger partial charge in [-0.25, -0.2) is 0 Å². The molecule has 0 fully saturated rings. The second-order valence-corrected chi connectivity index (χ2v) is 4.35. The van der Waals surface area contributed by atoms with Crippen LogP contribution >= 0.6 is 0 Å². The van der Waals surface area contributed by atoms with Crippen molar-refractivity contribution in [1.82, 2.24) is 0 Å². The maximum atomic E-state index is 12.4. The van der Waals surface area contributed by atoms with Gasteiger partial charge in [-0.2, -0.15) is 13.2 Å². The molecule has 0 aliphatic carbocycles. The van der Waals surface area contributed by atoms with E-state index in [1.807, 2.05) is 0 Å². The van der Waals surface area contributed by atoms with E-state index in [1.165, 1.54) is 6.07 Å². The van der Waals surface area contributed by atoms with Crippen LogP contribution in [0.25, 0.3) is 0 Å². The fourth-order valence-corrected chi connectivity index (χ4v) is 1.14. The number of hydrogen-bond donors (Lipinski definition) is 1. The van der Waals surface area contributed by atoms with E-state index in [0.717, 1.165) is 26.0 Å². The Morgan fingerprint density at radius 2 is 1.89 bits per heavy atom. The highest BCUT2D eigenvalue weighted by molar-refractivity contribution is 5.96. The summed E-state index contributed by atoms with van der Waals surface area (Å²) < 4.78 is 37.3. The van der Waals surface area contributed by atoms with Crippen molar-refractivity contribution >= 4 is 11.6 Å². The van der Waals surface area contributed by atoms with Crippen LogP contribution in [0.2, 0.25) is 0 Å². The molecule has 0 bridgehead atoms. The number of nitrogens with one attached hydrogen (secondary N) is 1. The molecule has 0 aromatic heterocycles. The van der Waals surface area contributed by atoms with Crippen molar-refractivity contribution in [2.24, 2.45) is 0 Å². The predicted octanol–water partition coefficient (Wildman–Crippen LogP) is 2.70. The topological polar surface area (TPSA) is 72.2 Å². The van der Waals surface area contributed by atoms with Gasteiger partial charge in [-0.1, -0.05) is 6.07 Å². The summed E-state index contributed by atoms with van der Waals surface area (Å²) in [7, 11) is 0. The smallest absolute Gasteiger partial charge is 0.320 e. The molecule has 8 heteroatoms. The molecule has 1 amide bonds. The van der Waals surface area contributed by atoms with Gasteiger partial charge in [0.15, 0.2) is 0 Å². The lowest BCUT2D eigenvalue weighted by molar-refractivity contribution is -0.542. The zero-order valence-corrected chi connectivity index (χ0v) is 10.1. The molecule has 1 aromatic rings. The molecule has 0 atom stereocenters. The van der Waals surface area contributed by atoms with Crippen LogP contribution in [0.15, 0.2) is 24.3 Å². The molecule has 1 N–H and O–H groups in total. The summed E-state index contributed by atoms with van der Waals surface area (Å²) in [6.45, 7) is 2.13. The van der Waals surface area contributed by atoms with Crippen molar-refractivity contribution in [3.63, 3.8) is 0 Å². The second-order valence-electron chi connectivity index (χ2n) is 4.35. The van der Waals surface area contributed by atoms with Crippen molar-refractivity contribution in [1.29, 1.82) is 0 Å². The van der Waals surface area contributed by atoms with Gasteiger partial charge in [-0.15, -0.1) is 0 Å². The van der Waals surface area contributed by atoms with Gasteiger partial charge in [-0.3, -0.25) is 14.9 Å². The third kappa shape index (κ3) is 3.43. The van der Waals surface area contributed by atoms with E-state index in [0.29, 0.717) is 6.07 Å². The van der Waals surface area contributed by atoms with E-state index < -0.39 is 28.1 Å². The molecule has 0 unspecified atom stereocenters. The van der Waals surface area contributed by atoms with Crippen LogP contribution in [0.3, 0.4) is 0 Å². The summed E-state index contributed by atoms with van der Waals surface area (Å²) in [4.78, 5) is 21.4. The molecule has 0 heterocycles. The lowest BCUT2D eigenvalue weighted by Gasteiger charge is -2.16. The van der Waals surface area contributed by atoms with Crippen molar-refractivity contribution in [2.45, 2.75) is 25.6 Å². The Kier molecular flexibility index (Phi) is 3.83. The van der Waals surface area contributed by atoms with E-state index in [2.05, 4.69) is 5.32 Å². The molecule has 0 saturated heterocycles. The van der Waals surface area contributed by atoms with Gasteiger partial charge in [-0.05, 0) is 18.2 Å². The van der Waals surface area contributed by atoms with E-state index in [9.17, 15) is 28.1 Å². The van der Waals surface area contributed by atoms with Gasteiger partial charge >= 0.3 is 12.1 Å². The van der Waals surface area contributed by atoms with E-state index in [1.54, 1.807) is 0 Å². The van der Waals surface area contributed by atoms with E-state index in [-0.39, 0.29) is 5.69 Å². The van der Waals surface area contributed by atoms with Gasteiger partial charge in [0.1, 0.15) is 0 Å². The maximum Gasteiger partial charge on any atom is 0.416 e. The molecule has 1 aromatic carbocycles. The summed E-state index contributed by atoms with van der Waals surface area (Å²) in [6.07, 6.45) is -4.54. The highest BCUT2D eigenvalue weighted by Crippen LogP contribution is 2.30. The van der Waals surface area contributed by atoms with Crippen LogP contribution in [0.5, 0.6) is 0 Å². The van der Waals surface area contributed by atoms with Crippen LogP contribution in [0.1, 0.15) is 19.4 Å². The largest absolute Gasteiger partial charge is 0.416 e. The first-order chi connectivity index (χ1) is 8.55. The number of alkyl halides is 3. The molecule has 104 valence electrons. The zero-order chi connectivity index (χ0) is 14.8. The third-order valence-corrected chi connectivity index (χ3v) is 2.46. The minimum absolute atomic E-state index is 0.144. The molecule has 0 radical (unpaired) electrons. The number of carbonyl (C=O) groups excluding carboxylic acids is 1. The fourth-order valence-electron chi connectivity index (χ4n) is 1.14. The van der Waals surface area contributed by atoms with Crippen LogP contribution in [-0.2, 0) is 11.0 Å². The lowest BCUT2D eigenvalue weighted by Crippen LogP contribution is -2.44. The molecule has 0 spiro atoms. The molecule has 5 nitrogen and oxygen atoms in total. The van der Waals surface area contributed by atoms with Crippen molar-refractivity contribution in [3.8, 4) is 0 Å². The summed E-state index contributed by atoms with van der Waals surface area (Å²) in [6, 6.07) is 3.89. The SMILES string of the molecule is CC(C)(C(=O)Nc1cccc(C(F)(F)F)c1)[N+](=O)[O-]. The Morgan fingerprint density at radius 1 is 1.32 bits per heavy atom. The average Bonchev–Trinajstić information content (AvgIpc) is 2.27. The van der Waals surface area contributed by atoms with Crippen molar-refractivity contribution in [2.75, 3.05) is 5.32 Å². The minimum atomic E-state index is -4.54. The highest BCUT2D eigenvalue weighted by atomic mass is 19.4. The van der Waals surface area contributed by atoms with Crippen LogP contribution in [0, 0.1) is 10.1 Å². The zero-order valence-electron chi connectivity index (χ0n) is 10.1. The predicted molar refractivity (Wildman–Crippen MR) is 61.1 cm³/mol. The second kappa shape index (κ2) is 4.87. The summed E-state index contributed by atoms with van der Waals surface area (Å²) in [5.41, 5.74) is -3.01. The lowest BCUT2D eigenvalue weighted by atomic mass is 10.1. The van der Waals surface area contributed by atoms with Gasteiger partial charge in [0.05, 0.1) is 5.56 Å². The number of rotatable bonds is 3. The minimum Gasteiger partial charge on any atom is -0.320 e. The van der Waals surface area contributed by atoms with Crippen molar-refractivity contribution in [3.05, 3.63) is 39.9 Å². The molecule has 0 saturated carbocycles. The average molecular weight is 276 g/mol. The number of halogens is 3. The first-order valence-electron chi connectivity index (χ1n) is 5.18. The monoisotopic (exact) mass is 276 g/mol. The fraction of sp³-hybridized carbons (Fsp3) is 0.364. The Morgan fingerprint density at radius 3 is 2.37 bits per heavy atom. The van der Waals surface area contributed by atoms with Gasteiger partial charge in [0.2, 0.25) is 0 Å². The number of hydrogen-bond acceptors (Lipinski definition) is 3. The quantitative estimate of drug-likeness (QED) is 0.681. The molecule has 0 aliphatic heterocycles. The Bertz CT molecular complexity index is 512. The molecular weight excluding hydrogens is 265 g/mol. The standard InChI is InChI=1S/C11H11F3N2O3/c1-10(2,16(18)19)9(17)15-8-5-3-4-7(6-8)11(12,13)14/h3-6H,1-2H3,(H,15,17). The number of carbonyl (C=O) groups is 1. The Hall–Kier alpha value is -2.12. The summed E-state index contributed by atoms with van der Waals surface area (Å²) >= 11 is 0.